The van der Waals surface area contributed by atoms with E-state index in [0.717, 1.165) is 5.56 Å². The molecule has 4 rings (SSSR count). The largest absolute Gasteiger partial charge is 0.331 e. The highest BCUT2D eigenvalue weighted by atomic mass is 35.5. The molecule has 0 bridgehead atoms. The molecule has 0 aliphatic heterocycles. The number of hydrogen-bond donors (Lipinski definition) is 3. The fraction of sp³-hybridized carbons (Fsp3) is 0.120. The Morgan fingerprint density at radius 3 is 2.28 bits per heavy atom. The minimum absolute atomic E-state index is 0.0157. The number of hydrogen-bond acceptors (Lipinski definition) is 4. The summed E-state index contributed by atoms with van der Waals surface area (Å²) in [4.78, 5) is 13.2. The number of sulfonamides is 1. The van der Waals surface area contributed by atoms with Crippen LogP contribution < -0.4 is 20.9 Å². The van der Waals surface area contributed by atoms with Gasteiger partial charge in [0, 0.05) is 7.05 Å². The summed E-state index contributed by atoms with van der Waals surface area (Å²) in [6.45, 7) is 3.58. The third-order valence-corrected chi connectivity index (χ3v) is 7.52. The summed E-state index contributed by atoms with van der Waals surface area (Å²) < 4.78 is 32.3. The number of nitrogens with one attached hydrogen (secondary N) is 3. The lowest BCUT2D eigenvalue weighted by Gasteiger charge is -2.16. The van der Waals surface area contributed by atoms with Gasteiger partial charge in [0.25, 0.3) is 15.6 Å². The average molecular weight is 542 g/mol. The second-order valence-electron chi connectivity index (χ2n) is 8.10. The fourth-order valence-electron chi connectivity index (χ4n) is 3.68. The van der Waals surface area contributed by atoms with Gasteiger partial charge >= 0.3 is 0 Å². The van der Waals surface area contributed by atoms with Crippen LogP contribution in [0.3, 0.4) is 0 Å². The Kier molecular flexibility index (Phi) is 7.21. The first-order valence-electron chi connectivity index (χ1n) is 10.9. The van der Waals surface area contributed by atoms with E-state index in [-0.39, 0.29) is 37.7 Å². The minimum Gasteiger partial charge on any atom is -0.331 e. The van der Waals surface area contributed by atoms with E-state index in [4.69, 9.17) is 23.8 Å². The molecular weight excluding hydrogens is 518 g/mol. The maximum absolute atomic E-state index is 13.2. The van der Waals surface area contributed by atoms with Crippen molar-refractivity contribution in [2.24, 2.45) is 7.05 Å². The number of aromatic nitrogens is 2. The van der Waals surface area contributed by atoms with Crippen molar-refractivity contribution in [3.8, 4) is 5.69 Å². The first kappa shape index (κ1) is 25.5. The molecule has 186 valence electrons. The normalized spacial score (nSPS) is 11.2. The molecule has 4 aromatic rings. The van der Waals surface area contributed by atoms with Crippen molar-refractivity contribution in [1.29, 1.82) is 0 Å². The van der Waals surface area contributed by atoms with Gasteiger partial charge < -0.3 is 10.6 Å². The second-order valence-corrected chi connectivity index (χ2v) is 10.6. The van der Waals surface area contributed by atoms with E-state index in [1.54, 1.807) is 62.0 Å². The predicted molar refractivity (Wildman–Crippen MR) is 149 cm³/mol. The minimum atomic E-state index is -4.02. The van der Waals surface area contributed by atoms with Gasteiger partial charge in [-0.25, -0.2) is 13.1 Å². The number of benzene rings is 3. The maximum Gasteiger partial charge on any atom is 0.295 e. The van der Waals surface area contributed by atoms with Gasteiger partial charge in [-0.2, -0.15) is 0 Å². The van der Waals surface area contributed by atoms with E-state index in [1.807, 2.05) is 30.3 Å². The molecule has 1 heterocycles. The average Bonchev–Trinajstić information content (AvgIpc) is 3.05. The molecule has 3 aromatic carbocycles. The van der Waals surface area contributed by atoms with Crippen molar-refractivity contribution < 1.29 is 8.42 Å². The molecule has 0 aliphatic rings. The number of halogens is 1. The van der Waals surface area contributed by atoms with Gasteiger partial charge in [0.05, 0.1) is 27.8 Å². The first-order valence-corrected chi connectivity index (χ1v) is 13.2. The standard InChI is InChI=1S/C25H24ClN5O3S2/c1-16-13-14-21(22(15-16)36(33,34)29-20-12-8-7-11-19(20)26)27-25(35)28-23-17(2)30(3)31(24(23)32)18-9-5-4-6-10-18/h4-15,29H,1-3H3,(H2,27,28,35). The van der Waals surface area contributed by atoms with Gasteiger partial charge in [0.2, 0.25) is 0 Å². The lowest BCUT2D eigenvalue weighted by atomic mass is 10.2. The smallest absolute Gasteiger partial charge is 0.295 e. The quantitative estimate of drug-likeness (QED) is 0.295. The second kappa shape index (κ2) is 10.2. The Hall–Kier alpha value is -3.60. The zero-order valence-electron chi connectivity index (χ0n) is 19.7. The van der Waals surface area contributed by atoms with Gasteiger partial charge in [0.1, 0.15) is 10.6 Å². The van der Waals surface area contributed by atoms with E-state index in [9.17, 15) is 13.2 Å². The zero-order chi connectivity index (χ0) is 26.0. The summed E-state index contributed by atoms with van der Waals surface area (Å²) in [5, 5.41) is 6.21. The van der Waals surface area contributed by atoms with Crippen LogP contribution in [0.5, 0.6) is 0 Å². The third-order valence-electron chi connectivity index (χ3n) is 5.59. The number of rotatable bonds is 6. The zero-order valence-corrected chi connectivity index (χ0v) is 22.1. The maximum atomic E-state index is 13.2. The molecule has 0 saturated carbocycles. The summed E-state index contributed by atoms with van der Waals surface area (Å²) in [7, 11) is -2.24. The molecule has 0 fully saturated rings. The lowest BCUT2D eigenvalue weighted by Crippen LogP contribution is -2.26. The number of para-hydroxylation sites is 2. The molecule has 3 N–H and O–H groups in total. The van der Waals surface area contributed by atoms with E-state index < -0.39 is 10.0 Å². The first-order chi connectivity index (χ1) is 17.1. The van der Waals surface area contributed by atoms with Gasteiger partial charge in [-0.3, -0.25) is 14.2 Å². The van der Waals surface area contributed by atoms with Crippen LogP contribution in [0.15, 0.2) is 82.5 Å². The SMILES string of the molecule is Cc1ccc(NC(=S)Nc2c(C)n(C)n(-c3ccccc3)c2=O)c(S(=O)(=O)Nc2ccccc2Cl)c1. The molecular formula is C25H24ClN5O3S2. The Balaban J connectivity index is 1.63. The highest BCUT2D eigenvalue weighted by Crippen LogP contribution is 2.28. The van der Waals surface area contributed by atoms with Crippen molar-refractivity contribution in [1.82, 2.24) is 9.36 Å². The molecule has 8 nitrogen and oxygen atoms in total. The topological polar surface area (TPSA) is 97.2 Å². The van der Waals surface area contributed by atoms with Crippen molar-refractivity contribution in [2.75, 3.05) is 15.4 Å². The molecule has 0 spiro atoms. The summed E-state index contributed by atoms with van der Waals surface area (Å²) in [6, 6.07) is 20.7. The lowest BCUT2D eigenvalue weighted by molar-refractivity contribution is 0.601. The van der Waals surface area contributed by atoms with Crippen LogP contribution >= 0.6 is 23.8 Å². The summed E-state index contributed by atoms with van der Waals surface area (Å²) >= 11 is 11.6. The molecule has 36 heavy (non-hydrogen) atoms. The van der Waals surface area contributed by atoms with Gasteiger partial charge in [-0.05, 0) is 68.0 Å². The predicted octanol–water partition coefficient (Wildman–Crippen LogP) is 5.06. The van der Waals surface area contributed by atoms with Gasteiger partial charge in [-0.1, -0.05) is 48.0 Å². The van der Waals surface area contributed by atoms with Crippen molar-refractivity contribution in [3.63, 3.8) is 0 Å². The highest BCUT2D eigenvalue weighted by Gasteiger charge is 2.22. The Morgan fingerprint density at radius 2 is 1.58 bits per heavy atom. The third kappa shape index (κ3) is 5.15. The molecule has 1 aromatic heterocycles. The van der Waals surface area contributed by atoms with E-state index in [0.29, 0.717) is 11.4 Å². The molecule has 0 saturated heterocycles. The van der Waals surface area contributed by atoms with Crippen LogP contribution in [-0.2, 0) is 17.1 Å². The van der Waals surface area contributed by atoms with Crippen LogP contribution in [0, 0.1) is 13.8 Å². The summed E-state index contributed by atoms with van der Waals surface area (Å²) in [5.41, 5.74) is 2.60. The molecule has 11 heteroatoms. The van der Waals surface area contributed by atoms with Crippen molar-refractivity contribution in [2.45, 2.75) is 18.7 Å². The molecule has 0 amide bonds. The van der Waals surface area contributed by atoms with Crippen molar-refractivity contribution >= 4 is 56.0 Å². The number of aryl methyl sites for hydroxylation is 1. The highest BCUT2D eigenvalue weighted by molar-refractivity contribution is 7.93. The van der Waals surface area contributed by atoms with E-state index in [1.165, 1.54) is 10.7 Å². The molecule has 0 atom stereocenters. The van der Waals surface area contributed by atoms with Crippen LogP contribution in [0.4, 0.5) is 17.1 Å². The van der Waals surface area contributed by atoms with Crippen LogP contribution in [0.2, 0.25) is 5.02 Å². The monoisotopic (exact) mass is 541 g/mol. The van der Waals surface area contributed by atoms with Crippen LogP contribution in [-0.4, -0.2) is 22.9 Å². The Morgan fingerprint density at radius 1 is 0.917 bits per heavy atom. The van der Waals surface area contributed by atoms with Crippen LogP contribution in [0.1, 0.15) is 11.3 Å². The van der Waals surface area contributed by atoms with Gasteiger partial charge in [-0.15, -0.1) is 0 Å². The Labute approximate surface area is 219 Å². The molecule has 0 aliphatic carbocycles. The van der Waals surface area contributed by atoms with Crippen molar-refractivity contribution in [3.05, 3.63) is 99.4 Å². The van der Waals surface area contributed by atoms with E-state index >= 15 is 0 Å². The van der Waals surface area contributed by atoms with E-state index in [2.05, 4.69) is 15.4 Å². The molecule has 0 unspecified atom stereocenters. The Bertz CT molecular complexity index is 1610. The van der Waals surface area contributed by atoms with Crippen LogP contribution in [0.25, 0.3) is 5.69 Å². The number of thiocarbonyl (C=S) groups is 1. The number of nitrogens with zero attached hydrogens (tertiary/aromatic N) is 2. The van der Waals surface area contributed by atoms with Gasteiger partial charge in [0.15, 0.2) is 5.11 Å². The fourth-order valence-corrected chi connectivity index (χ4v) is 5.46. The molecule has 0 radical (unpaired) electrons. The number of anilines is 3. The summed E-state index contributed by atoms with van der Waals surface area (Å²) in [6.07, 6.45) is 0. The summed E-state index contributed by atoms with van der Waals surface area (Å²) in [5.74, 6) is 0.